The standard InChI is InChI=1S/C13H10O.C5H10O/c14-13(11-7-3-1-4-8-11)12-9-5-2-6-10-12;1-3-4-5(2)6/h1-10H;3-4H2,1-2H3. The quantitative estimate of drug-likeness (QED) is 0.775. The molecule has 0 saturated heterocycles. The lowest BCUT2D eigenvalue weighted by Crippen LogP contribution is -1.99. The summed E-state index contributed by atoms with van der Waals surface area (Å²) in [6.45, 7) is 3.62. The minimum atomic E-state index is 0.0752. The SMILES string of the molecule is CCCC(C)=O.O=C(c1ccccc1)c1ccccc1. The van der Waals surface area contributed by atoms with Crippen LogP contribution in [0.15, 0.2) is 60.7 Å². The van der Waals surface area contributed by atoms with Crippen LogP contribution in [0.5, 0.6) is 0 Å². The van der Waals surface area contributed by atoms with E-state index in [0.29, 0.717) is 0 Å². The van der Waals surface area contributed by atoms with Gasteiger partial charge in [0.1, 0.15) is 5.78 Å². The summed E-state index contributed by atoms with van der Waals surface area (Å²) in [7, 11) is 0. The highest BCUT2D eigenvalue weighted by Gasteiger charge is 2.06. The zero-order valence-electron chi connectivity index (χ0n) is 12.0. The van der Waals surface area contributed by atoms with Crippen LogP contribution in [-0.4, -0.2) is 11.6 Å². The Kier molecular flexibility index (Phi) is 6.97. The molecule has 0 aromatic heterocycles. The van der Waals surface area contributed by atoms with Crippen LogP contribution in [0, 0.1) is 0 Å². The Morgan fingerprint density at radius 3 is 1.45 bits per heavy atom. The number of rotatable bonds is 4. The van der Waals surface area contributed by atoms with Gasteiger partial charge in [-0.05, 0) is 13.3 Å². The molecule has 0 aliphatic heterocycles. The first-order chi connectivity index (χ1) is 9.65. The molecule has 0 radical (unpaired) electrons. The Hall–Kier alpha value is -2.22. The van der Waals surface area contributed by atoms with Crippen LogP contribution in [0.25, 0.3) is 0 Å². The lowest BCUT2D eigenvalue weighted by atomic mass is 10.0. The third-order valence-corrected chi connectivity index (χ3v) is 2.67. The van der Waals surface area contributed by atoms with E-state index in [1.165, 1.54) is 0 Å². The molecule has 20 heavy (non-hydrogen) atoms. The van der Waals surface area contributed by atoms with Crippen molar-refractivity contribution in [1.29, 1.82) is 0 Å². The van der Waals surface area contributed by atoms with Crippen molar-refractivity contribution in [3.8, 4) is 0 Å². The maximum atomic E-state index is 11.8. The minimum Gasteiger partial charge on any atom is -0.300 e. The van der Waals surface area contributed by atoms with Gasteiger partial charge >= 0.3 is 0 Å². The largest absolute Gasteiger partial charge is 0.300 e. The van der Waals surface area contributed by atoms with Gasteiger partial charge in [-0.25, -0.2) is 0 Å². The maximum absolute atomic E-state index is 11.8. The summed E-state index contributed by atoms with van der Waals surface area (Å²) in [5.74, 6) is 0.365. The van der Waals surface area contributed by atoms with E-state index in [-0.39, 0.29) is 11.6 Å². The molecule has 0 aliphatic carbocycles. The Balaban J connectivity index is 0.000000286. The number of benzene rings is 2. The normalized spacial score (nSPS) is 9.30. The Morgan fingerprint density at radius 2 is 1.20 bits per heavy atom. The fourth-order valence-electron chi connectivity index (χ4n) is 1.70. The number of Topliss-reactive ketones (excluding diaryl/α,β-unsaturated/α-hetero) is 1. The lowest BCUT2D eigenvalue weighted by Gasteiger charge is -1.99. The summed E-state index contributed by atoms with van der Waals surface area (Å²) >= 11 is 0. The second kappa shape index (κ2) is 8.81. The summed E-state index contributed by atoms with van der Waals surface area (Å²) in [5, 5.41) is 0. The molecule has 0 aliphatic rings. The molecule has 0 fully saturated rings. The van der Waals surface area contributed by atoms with E-state index >= 15 is 0 Å². The Labute approximate surface area is 120 Å². The average Bonchev–Trinajstić information content (AvgIpc) is 2.49. The predicted molar refractivity (Wildman–Crippen MR) is 81.9 cm³/mol. The number of ketones is 2. The van der Waals surface area contributed by atoms with Crippen LogP contribution in [0.1, 0.15) is 42.6 Å². The molecule has 2 aromatic rings. The summed E-state index contributed by atoms with van der Waals surface area (Å²) in [6.07, 6.45) is 1.72. The van der Waals surface area contributed by atoms with Gasteiger partial charge in [0.15, 0.2) is 5.78 Å². The molecule has 0 unspecified atom stereocenters. The fraction of sp³-hybridized carbons (Fsp3) is 0.222. The fourth-order valence-corrected chi connectivity index (χ4v) is 1.70. The van der Waals surface area contributed by atoms with Crippen molar-refractivity contribution in [3.63, 3.8) is 0 Å². The van der Waals surface area contributed by atoms with Crippen molar-refractivity contribution in [2.45, 2.75) is 26.7 Å². The first kappa shape index (κ1) is 15.8. The second-order valence-electron chi connectivity index (χ2n) is 4.51. The molecular weight excluding hydrogens is 248 g/mol. The topological polar surface area (TPSA) is 34.1 Å². The van der Waals surface area contributed by atoms with Gasteiger partial charge in [0.25, 0.3) is 0 Å². The van der Waals surface area contributed by atoms with Crippen LogP contribution in [0.4, 0.5) is 0 Å². The van der Waals surface area contributed by atoms with E-state index in [0.717, 1.165) is 24.0 Å². The van der Waals surface area contributed by atoms with Gasteiger partial charge in [-0.3, -0.25) is 4.79 Å². The highest BCUT2D eigenvalue weighted by molar-refractivity contribution is 6.08. The molecule has 0 saturated carbocycles. The molecule has 2 nitrogen and oxygen atoms in total. The van der Waals surface area contributed by atoms with E-state index in [9.17, 15) is 9.59 Å². The van der Waals surface area contributed by atoms with Crippen LogP contribution in [0.3, 0.4) is 0 Å². The van der Waals surface area contributed by atoms with Crippen molar-refractivity contribution >= 4 is 11.6 Å². The van der Waals surface area contributed by atoms with E-state index < -0.39 is 0 Å². The van der Waals surface area contributed by atoms with Gasteiger partial charge in [-0.2, -0.15) is 0 Å². The highest BCUT2D eigenvalue weighted by atomic mass is 16.1. The lowest BCUT2D eigenvalue weighted by molar-refractivity contribution is -0.117. The van der Waals surface area contributed by atoms with Crippen molar-refractivity contribution in [1.82, 2.24) is 0 Å². The molecule has 2 aromatic carbocycles. The van der Waals surface area contributed by atoms with Crippen LogP contribution >= 0.6 is 0 Å². The molecule has 2 rings (SSSR count). The monoisotopic (exact) mass is 268 g/mol. The molecule has 0 bridgehead atoms. The van der Waals surface area contributed by atoms with Gasteiger partial charge in [-0.1, -0.05) is 67.6 Å². The Bertz CT molecular complexity index is 488. The molecule has 0 spiro atoms. The van der Waals surface area contributed by atoms with Gasteiger partial charge < -0.3 is 4.79 Å². The average molecular weight is 268 g/mol. The van der Waals surface area contributed by atoms with Crippen LogP contribution in [-0.2, 0) is 4.79 Å². The summed E-state index contributed by atoms with van der Waals surface area (Å²) in [4.78, 5) is 21.9. The van der Waals surface area contributed by atoms with Crippen LogP contribution < -0.4 is 0 Å². The van der Waals surface area contributed by atoms with Crippen molar-refractivity contribution in [2.24, 2.45) is 0 Å². The molecule has 104 valence electrons. The van der Waals surface area contributed by atoms with E-state index in [1.54, 1.807) is 6.92 Å². The zero-order chi connectivity index (χ0) is 14.8. The second-order valence-corrected chi connectivity index (χ2v) is 4.51. The molecule has 0 atom stereocenters. The Morgan fingerprint density at radius 1 is 0.800 bits per heavy atom. The predicted octanol–water partition coefficient (Wildman–Crippen LogP) is 4.29. The number of carbonyl (C=O) groups excluding carboxylic acids is 2. The molecule has 0 N–H and O–H groups in total. The number of hydrogen-bond donors (Lipinski definition) is 0. The maximum Gasteiger partial charge on any atom is 0.193 e. The zero-order valence-corrected chi connectivity index (χ0v) is 12.0. The molecule has 0 amide bonds. The van der Waals surface area contributed by atoms with Crippen molar-refractivity contribution in [2.75, 3.05) is 0 Å². The minimum absolute atomic E-state index is 0.0752. The third kappa shape index (κ3) is 5.61. The number of carbonyl (C=O) groups is 2. The molecule has 2 heteroatoms. The van der Waals surface area contributed by atoms with E-state index in [2.05, 4.69) is 0 Å². The summed E-state index contributed by atoms with van der Waals surface area (Å²) < 4.78 is 0. The van der Waals surface area contributed by atoms with Gasteiger partial charge in [-0.15, -0.1) is 0 Å². The number of hydrogen-bond acceptors (Lipinski definition) is 2. The van der Waals surface area contributed by atoms with E-state index in [4.69, 9.17) is 0 Å². The third-order valence-electron chi connectivity index (χ3n) is 2.67. The van der Waals surface area contributed by atoms with Gasteiger partial charge in [0, 0.05) is 17.5 Å². The van der Waals surface area contributed by atoms with Gasteiger partial charge in [0.05, 0.1) is 0 Å². The van der Waals surface area contributed by atoms with Crippen LogP contribution in [0.2, 0.25) is 0 Å². The van der Waals surface area contributed by atoms with Crippen molar-refractivity contribution < 1.29 is 9.59 Å². The van der Waals surface area contributed by atoms with E-state index in [1.807, 2.05) is 67.6 Å². The van der Waals surface area contributed by atoms with Crippen molar-refractivity contribution in [3.05, 3.63) is 71.8 Å². The van der Waals surface area contributed by atoms with Gasteiger partial charge in [0.2, 0.25) is 0 Å². The molecule has 0 heterocycles. The first-order valence-electron chi connectivity index (χ1n) is 6.79. The smallest absolute Gasteiger partial charge is 0.193 e. The summed E-state index contributed by atoms with van der Waals surface area (Å²) in [6, 6.07) is 18.6. The summed E-state index contributed by atoms with van der Waals surface area (Å²) in [5.41, 5.74) is 1.47. The highest BCUT2D eigenvalue weighted by Crippen LogP contribution is 2.08. The first-order valence-corrected chi connectivity index (χ1v) is 6.79. The molecular formula is C18H20O2.